The topological polar surface area (TPSA) is 69.6 Å². The molecule has 1 rings (SSSR count). The highest BCUT2D eigenvalue weighted by molar-refractivity contribution is 5.74. The fourth-order valence-corrected chi connectivity index (χ4v) is 2.78. The average molecular weight is 270 g/mol. The van der Waals surface area contributed by atoms with Gasteiger partial charge < -0.3 is 15.3 Å². The molecule has 3 unspecified atom stereocenters. The monoisotopic (exact) mass is 270 g/mol. The summed E-state index contributed by atoms with van der Waals surface area (Å²) < 4.78 is 0. The molecule has 0 saturated heterocycles. The lowest BCUT2D eigenvalue weighted by Crippen LogP contribution is -2.48. The van der Waals surface area contributed by atoms with Crippen LogP contribution in [-0.4, -0.2) is 41.6 Å². The molecule has 3 atom stereocenters. The molecular formula is C14H26N2O3. The number of hydrogen-bond acceptors (Lipinski definition) is 2. The Kier molecular flexibility index (Phi) is 6.12. The molecule has 1 fully saturated rings. The fraction of sp³-hybridized carbons (Fsp3) is 0.857. The van der Waals surface area contributed by atoms with Crippen LogP contribution in [0.1, 0.15) is 46.0 Å². The van der Waals surface area contributed by atoms with Crippen molar-refractivity contribution in [1.29, 1.82) is 0 Å². The maximum atomic E-state index is 12.0. The number of rotatable bonds is 5. The minimum Gasteiger partial charge on any atom is -0.481 e. The average Bonchev–Trinajstić information content (AvgIpc) is 2.35. The first-order valence-corrected chi connectivity index (χ1v) is 7.14. The van der Waals surface area contributed by atoms with Gasteiger partial charge in [0.1, 0.15) is 0 Å². The first-order chi connectivity index (χ1) is 8.91. The summed E-state index contributed by atoms with van der Waals surface area (Å²) >= 11 is 0. The summed E-state index contributed by atoms with van der Waals surface area (Å²) in [5, 5.41) is 11.5. The second-order valence-corrected chi connectivity index (χ2v) is 5.83. The van der Waals surface area contributed by atoms with E-state index in [9.17, 15) is 9.59 Å². The Bertz CT molecular complexity index is 320. The number of carbonyl (C=O) groups excluding carboxylic acids is 1. The summed E-state index contributed by atoms with van der Waals surface area (Å²) in [4.78, 5) is 24.4. The molecule has 0 spiro atoms. The van der Waals surface area contributed by atoms with Gasteiger partial charge >= 0.3 is 12.0 Å². The van der Waals surface area contributed by atoms with Crippen molar-refractivity contribution in [3.63, 3.8) is 0 Å². The zero-order valence-electron chi connectivity index (χ0n) is 12.2. The SMILES string of the molecule is CC(CNC(=O)N(C)C1CCCCC1C)CC(=O)O. The predicted molar refractivity (Wildman–Crippen MR) is 74.0 cm³/mol. The van der Waals surface area contributed by atoms with E-state index >= 15 is 0 Å². The van der Waals surface area contributed by atoms with Gasteiger partial charge in [-0.05, 0) is 24.7 Å². The van der Waals surface area contributed by atoms with E-state index in [1.54, 1.807) is 4.90 Å². The smallest absolute Gasteiger partial charge is 0.317 e. The molecule has 1 aliphatic rings. The minimum absolute atomic E-state index is 0.0429. The molecule has 0 aromatic rings. The Balaban J connectivity index is 2.37. The van der Waals surface area contributed by atoms with E-state index in [4.69, 9.17) is 5.11 Å². The second-order valence-electron chi connectivity index (χ2n) is 5.83. The van der Waals surface area contributed by atoms with Crippen molar-refractivity contribution in [3.05, 3.63) is 0 Å². The zero-order chi connectivity index (χ0) is 14.4. The number of aliphatic carboxylic acids is 1. The van der Waals surface area contributed by atoms with Crippen molar-refractivity contribution in [2.45, 2.75) is 52.0 Å². The number of carbonyl (C=O) groups is 2. The molecule has 2 N–H and O–H groups in total. The van der Waals surface area contributed by atoms with Gasteiger partial charge in [0, 0.05) is 26.1 Å². The van der Waals surface area contributed by atoms with Crippen LogP contribution in [0.4, 0.5) is 4.79 Å². The van der Waals surface area contributed by atoms with Gasteiger partial charge in [0.15, 0.2) is 0 Å². The molecule has 5 heteroatoms. The van der Waals surface area contributed by atoms with E-state index in [0.717, 1.165) is 6.42 Å². The summed E-state index contributed by atoms with van der Waals surface area (Å²) in [7, 11) is 1.84. The lowest BCUT2D eigenvalue weighted by atomic mass is 9.85. The molecule has 110 valence electrons. The Hall–Kier alpha value is -1.26. The maximum Gasteiger partial charge on any atom is 0.317 e. The lowest BCUT2D eigenvalue weighted by Gasteiger charge is -2.36. The molecule has 0 heterocycles. The summed E-state index contributed by atoms with van der Waals surface area (Å²) in [5.41, 5.74) is 0. The molecule has 19 heavy (non-hydrogen) atoms. The van der Waals surface area contributed by atoms with Crippen LogP contribution in [0, 0.1) is 11.8 Å². The van der Waals surface area contributed by atoms with E-state index in [2.05, 4.69) is 12.2 Å². The van der Waals surface area contributed by atoms with Crippen LogP contribution >= 0.6 is 0 Å². The maximum absolute atomic E-state index is 12.0. The van der Waals surface area contributed by atoms with Crippen molar-refractivity contribution in [2.75, 3.05) is 13.6 Å². The van der Waals surface area contributed by atoms with Crippen molar-refractivity contribution >= 4 is 12.0 Å². The second kappa shape index (κ2) is 7.36. The standard InChI is InChI=1S/C14H26N2O3/c1-10(8-13(17)18)9-15-14(19)16(3)12-7-5-4-6-11(12)2/h10-12H,4-9H2,1-3H3,(H,15,19)(H,17,18). The number of carboxylic acid groups (broad SMARTS) is 1. The predicted octanol–water partition coefficient (Wildman–Crippen LogP) is 2.32. The summed E-state index contributed by atoms with van der Waals surface area (Å²) in [6.45, 7) is 4.44. The van der Waals surface area contributed by atoms with E-state index in [0.29, 0.717) is 18.5 Å². The largest absolute Gasteiger partial charge is 0.481 e. The van der Waals surface area contributed by atoms with E-state index < -0.39 is 5.97 Å². The summed E-state index contributed by atoms with van der Waals surface area (Å²) in [5.74, 6) is -0.324. The van der Waals surface area contributed by atoms with Crippen molar-refractivity contribution in [2.24, 2.45) is 11.8 Å². The normalized spacial score (nSPS) is 24.6. The number of nitrogens with one attached hydrogen (secondary N) is 1. The van der Waals surface area contributed by atoms with Crippen LogP contribution in [0.2, 0.25) is 0 Å². The number of carboxylic acids is 1. The van der Waals surface area contributed by atoms with E-state index in [-0.39, 0.29) is 18.4 Å². The highest BCUT2D eigenvalue weighted by Gasteiger charge is 2.27. The number of hydrogen-bond donors (Lipinski definition) is 2. The third-order valence-electron chi connectivity index (χ3n) is 4.01. The molecule has 1 aliphatic carbocycles. The Morgan fingerprint density at radius 1 is 1.37 bits per heavy atom. The van der Waals surface area contributed by atoms with Crippen LogP contribution in [0.3, 0.4) is 0 Å². The Morgan fingerprint density at radius 2 is 2.00 bits per heavy atom. The van der Waals surface area contributed by atoms with Crippen molar-refractivity contribution in [3.8, 4) is 0 Å². The molecule has 0 radical (unpaired) electrons. The van der Waals surface area contributed by atoms with Crippen LogP contribution in [0.15, 0.2) is 0 Å². The van der Waals surface area contributed by atoms with Crippen LogP contribution in [-0.2, 0) is 4.79 Å². The number of amides is 2. The Labute approximate surface area is 115 Å². The van der Waals surface area contributed by atoms with Gasteiger partial charge in [-0.1, -0.05) is 26.7 Å². The van der Waals surface area contributed by atoms with Crippen LogP contribution in [0.25, 0.3) is 0 Å². The van der Waals surface area contributed by atoms with Crippen LogP contribution in [0.5, 0.6) is 0 Å². The number of nitrogens with zero attached hydrogens (tertiary/aromatic N) is 1. The van der Waals surface area contributed by atoms with Gasteiger partial charge in [-0.15, -0.1) is 0 Å². The minimum atomic E-state index is -0.823. The van der Waals surface area contributed by atoms with Crippen molar-refractivity contribution in [1.82, 2.24) is 10.2 Å². The molecule has 5 nitrogen and oxygen atoms in total. The van der Waals surface area contributed by atoms with Gasteiger partial charge in [0.2, 0.25) is 0 Å². The van der Waals surface area contributed by atoms with Gasteiger partial charge in [0.25, 0.3) is 0 Å². The first-order valence-electron chi connectivity index (χ1n) is 7.14. The van der Waals surface area contributed by atoms with Gasteiger partial charge in [-0.2, -0.15) is 0 Å². The highest BCUT2D eigenvalue weighted by atomic mass is 16.4. The van der Waals surface area contributed by atoms with Crippen LogP contribution < -0.4 is 5.32 Å². The molecule has 0 bridgehead atoms. The lowest BCUT2D eigenvalue weighted by molar-refractivity contribution is -0.137. The van der Waals surface area contributed by atoms with Gasteiger partial charge in [-0.3, -0.25) is 4.79 Å². The molecule has 0 aromatic carbocycles. The molecular weight excluding hydrogens is 244 g/mol. The van der Waals surface area contributed by atoms with E-state index in [1.165, 1.54) is 19.3 Å². The zero-order valence-corrected chi connectivity index (χ0v) is 12.2. The third-order valence-corrected chi connectivity index (χ3v) is 4.01. The van der Waals surface area contributed by atoms with Gasteiger partial charge in [0.05, 0.1) is 0 Å². The first kappa shape index (κ1) is 15.8. The molecule has 2 amide bonds. The highest BCUT2D eigenvalue weighted by Crippen LogP contribution is 2.27. The Morgan fingerprint density at radius 3 is 2.58 bits per heavy atom. The molecule has 0 aliphatic heterocycles. The molecule has 0 aromatic heterocycles. The quantitative estimate of drug-likeness (QED) is 0.805. The summed E-state index contributed by atoms with van der Waals surface area (Å²) in [6.07, 6.45) is 4.77. The molecule has 1 saturated carbocycles. The summed E-state index contributed by atoms with van der Waals surface area (Å²) in [6, 6.07) is 0.222. The fourth-order valence-electron chi connectivity index (χ4n) is 2.78. The third kappa shape index (κ3) is 5.09. The number of urea groups is 1. The van der Waals surface area contributed by atoms with E-state index in [1.807, 2.05) is 14.0 Å². The van der Waals surface area contributed by atoms with Crippen molar-refractivity contribution < 1.29 is 14.7 Å². The van der Waals surface area contributed by atoms with Gasteiger partial charge in [-0.25, -0.2) is 4.79 Å².